The molecule has 0 saturated carbocycles. The van der Waals surface area contributed by atoms with Crippen molar-refractivity contribution in [3.05, 3.63) is 17.5 Å². The molecule has 0 aliphatic carbocycles. The Balaban J connectivity index is 1.82. The first-order chi connectivity index (χ1) is 8.83. The predicted octanol–water partition coefficient (Wildman–Crippen LogP) is 2.55. The van der Waals surface area contributed by atoms with Gasteiger partial charge in [0.15, 0.2) is 5.76 Å². The fourth-order valence-electron chi connectivity index (χ4n) is 2.67. The maximum absolute atomic E-state index is 5.42. The first-order valence-electron chi connectivity index (χ1n) is 7.22. The van der Waals surface area contributed by atoms with Crippen molar-refractivity contribution in [3.8, 4) is 0 Å². The van der Waals surface area contributed by atoms with Crippen molar-refractivity contribution in [2.24, 2.45) is 0 Å². The third-order valence-electron chi connectivity index (χ3n) is 3.67. The predicted molar refractivity (Wildman–Crippen MR) is 72.2 cm³/mol. The van der Waals surface area contributed by atoms with Crippen LogP contribution >= 0.6 is 0 Å². The summed E-state index contributed by atoms with van der Waals surface area (Å²) in [5, 5.41) is 7.46. The smallest absolute Gasteiger partial charge is 0.151 e. The van der Waals surface area contributed by atoms with E-state index in [2.05, 4.69) is 35.3 Å². The SMILES string of the molecule is CCCNCc1cc(CN2CCCC2CC)on1. The molecule has 18 heavy (non-hydrogen) atoms. The van der Waals surface area contributed by atoms with Gasteiger partial charge >= 0.3 is 0 Å². The van der Waals surface area contributed by atoms with Crippen LogP contribution in [0.25, 0.3) is 0 Å². The quantitative estimate of drug-likeness (QED) is 0.756. The molecule has 4 heteroatoms. The summed E-state index contributed by atoms with van der Waals surface area (Å²) in [6.07, 6.45) is 5.03. The van der Waals surface area contributed by atoms with E-state index in [-0.39, 0.29) is 0 Å². The molecule has 0 amide bonds. The lowest BCUT2D eigenvalue weighted by atomic mass is 10.2. The lowest BCUT2D eigenvalue weighted by Gasteiger charge is -2.21. The van der Waals surface area contributed by atoms with Crippen LogP contribution in [-0.2, 0) is 13.1 Å². The van der Waals surface area contributed by atoms with Gasteiger partial charge < -0.3 is 9.84 Å². The Morgan fingerprint density at radius 1 is 1.50 bits per heavy atom. The molecule has 0 bridgehead atoms. The Kier molecular flexibility index (Phi) is 5.20. The zero-order valence-electron chi connectivity index (χ0n) is 11.6. The molecule has 4 nitrogen and oxygen atoms in total. The fraction of sp³-hybridized carbons (Fsp3) is 0.786. The van der Waals surface area contributed by atoms with Crippen molar-refractivity contribution >= 4 is 0 Å². The normalized spacial score (nSPS) is 20.7. The number of hydrogen-bond donors (Lipinski definition) is 1. The molecule has 0 aromatic carbocycles. The van der Waals surface area contributed by atoms with Crippen LogP contribution in [0.5, 0.6) is 0 Å². The molecule has 0 radical (unpaired) electrons. The third-order valence-corrected chi connectivity index (χ3v) is 3.67. The van der Waals surface area contributed by atoms with Crippen LogP contribution < -0.4 is 5.32 Å². The first kappa shape index (κ1) is 13.6. The molecule has 0 spiro atoms. The van der Waals surface area contributed by atoms with E-state index in [0.29, 0.717) is 0 Å². The standard InChI is InChI=1S/C14H25N3O/c1-3-7-15-10-12-9-14(18-16-12)11-17-8-5-6-13(17)4-2/h9,13,15H,3-8,10-11H2,1-2H3. The van der Waals surface area contributed by atoms with E-state index >= 15 is 0 Å². The van der Waals surface area contributed by atoms with Crippen LogP contribution in [0.1, 0.15) is 51.0 Å². The van der Waals surface area contributed by atoms with Gasteiger partial charge in [-0.25, -0.2) is 0 Å². The van der Waals surface area contributed by atoms with Gasteiger partial charge in [-0.15, -0.1) is 0 Å². The van der Waals surface area contributed by atoms with Gasteiger partial charge in [0.1, 0.15) is 0 Å². The minimum Gasteiger partial charge on any atom is -0.360 e. The van der Waals surface area contributed by atoms with E-state index in [9.17, 15) is 0 Å². The fourth-order valence-corrected chi connectivity index (χ4v) is 2.67. The zero-order valence-corrected chi connectivity index (χ0v) is 11.6. The summed E-state index contributed by atoms with van der Waals surface area (Å²) < 4.78 is 5.42. The summed E-state index contributed by atoms with van der Waals surface area (Å²) in [5.41, 5.74) is 1.02. The number of likely N-dealkylation sites (tertiary alicyclic amines) is 1. The molecule has 1 N–H and O–H groups in total. The van der Waals surface area contributed by atoms with E-state index in [1.807, 2.05) is 0 Å². The summed E-state index contributed by atoms with van der Waals surface area (Å²) in [6.45, 7) is 8.39. The van der Waals surface area contributed by atoms with Crippen LogP contribution in [0.2, 0.25) is 0 Å². The topological polar surface area (TPSA) is 41.3 Å². The molecule has 1 aromatic heterocycles. The van der Waals surface area contributed by atoms with Crippen LogP contribution in [0.4, 0.5) is 0 Å². The van der Waals surface area contributed by atoms with Crippen molar-refractivity contribution in [2.45, 2.75) is 58.7 Å². The summed E-state index contributed by atoms with van der Waals surface area (Å²) in [6, 6.07) is 2.82. The van der Waals surface area contributed by atoms with Gasteiger partial charge in [0.25, 0.3) is 0 Å². The molecular weight excluding hydrogens is 226 g/mol. The zero-order chi connectivity index (χ0) is 12.8. The summed E-state index contributed by atoms with van der Waals surface area (Å²) in [7, 11) is 0. The third kappa shape index (κ3) is 3.56. The second-order valence-electron chi connectivity index (χ2n) is 5.14. The van der Waals surface area contributed by atoms with Gasteiger partial charge in [-0.1, -0.05) is 19.0 Å². The minimum atomic E-state index is 0.733. The van der Waals surface area contributed by atoms with Crippen molar-refractivity contribution in [3.63, 3.8) is 0 Å². The van der Waals surface area contributed by atoms with Gasteiger partial charge in [0, 0.05) is 18.7 Å². The Bertz CT molecular complexity index is 351. The molecule has 1 fully saturated rings. The molecule has 102 valence electrons. The van der Waals surface area contributed by atoms with E-state index in [4.69, 9.17) is 4.52 Å². The van der Waals surface area contributed by atoms with Crippen molar-refractivity contribution < 1.29 is 4.52 Å². The van der Waals surface area contributed by atoms with Gasteiger partial charge in [-0.2, -0.15) is 0 Å². The van der Waals surface area contributed by atoms with Crippen molar-refractivity contribution in [2.75, 3.05) is 13.1 Å². The Hall–Kier alpha value is -0.870. The van der Waals surface area contributed by atoms with Gasteiger partial charge in [-0.3, -0.25) is 4.90 Å². The highest BCUT2D eigenvalue weighted by molar-refractivity contribution is 5.05. The molecule has 1 unspecified atom stereocenters. The summed E-state index contributed by atoms with van der Waals surface area (Å²) in [4.78, 5) is 2.52. The molecule has 1 aromatic rings. The largest absolute Gasteiger partial charge is 0.360 e. The average molecular weight is 251 g/mol. The molecule has 1 aliphatic rings. The average Bonchev–Trinajstić information content (AvgIpc) is 2.99. The molecule has 1 atom stereocenters. The molecule has 2 rings (SSSR count). The Morgan fingerprint density at radius 3 is 3.17 bits per heavy atom. The number of nitrogens with one attached hydrogen (secondary N) is 1. The highest BCUT2D eigenvalue weighted by Crippen LogP contribution is 2.22. The summed E-state index contributed by atoms with van der Waals surface area (Å²) >= 11 is 0. The first-order valence-corrected chi connectivity index (χ1v) is 7.22. The molecular formula is C14H25N3O. The van der Waals surface area contributed by atoms with E-state index < -0.39 is 0 Å². The molecule has 1 saturated heterocycles. The molecule has 2 heterocycles. The Labute approximate surface area is 110 Å². The minimum absolute atomic E-state index is 0.733. The van der Waals surface area contributed by atoms with E-state index in [1.54, 1.807) is 0 Å². The van der Waals surface area contributed by atoms with E-state index in [0.717, 1.165) is 43.6 Å². The number of nitrogens with zero attached hydrogens (tertiary/aromatic N) is 2. The van der Waals surface area contributed by atoms with Crippen LogP contribution in [0, 0.1) is 0 Å². The Morgan fingerprint density at radius 2 is 2.39 bits per heavy atom. The van der Waals surface area contributed by atoms with E-state index in [1.165, 1.54) is 25.8 Å². The van der Waals surface area contributed by atoms with Crippen molar-refractivity contribution in [1.29, 1.82) is 0 Å². The second kappa shape index (κ2) is 6.90. The maximum atomic E-state index is 5.42. The monoisotopic (exact) mass is 251 g/mol. The lowest BCUT2D eigenvalue weighted by Crippen LogP contribution is -2.27. The highest BCUT2D eigenvalue weighted by Gasteiger charge is 2.23. The number of hydrogen-bond acceptors (Lipinski definition) is 4. The lowest BCUT2D eigenvalue weighted by molar-refractivity contribution is 0.211. The summed E-state index contributed by atoms with van der Waals surface area (Å²) in [5.74, 6) is 1.00. The number of rotatable bonds is 7. The molecule has 1 aliphatic heterocycles. The van der Waals surface area contributed by atoms with Gasteiger partial charge in [0.2, 0.25) is 0 Å². The van der Waals surface area contributed by atoms with Crippen molar-refractivity contribution in [1.82, 2.24) is 15.4 Å². The van der Waals surface area contributed by atoms with Crippen LogP contribution in [0.3, 0.4) is 0 Å². The van der Waals surface area contributed by atoms with Gasteiger partial charge in [-0.05, 0) is 38.8 Å². The second-order valence-corrected chi connectivity index (χ2v) is 5.14. The van der Waals surface area contributed by atoms with Gasteiger partial charge in [0.05, 0.1) is 12.2 Å². The number of aromatic nitrogens is 1. The van der Waals surface area contributed by atoms with Crippen LogP contribution in [-0.4, -0.2) is 29.2 Å². The van der Waals surface area contributed by atoms with Crippen LogP contribution in [0.15, 0.2) is 10.6 Å². The maximum Gasteiger partial charge on any atom is 0.151 e. The highest BCUT2D eigenvalue weighted by atomic mass is 16.5.